The fourth-order valence-electron chi connectivity index (χ4n) is 8.93. The summed E-state index contributed by atoms with van der Waals surface area (Å²) < 4.78 is 5.10. The molecular formula is C51H36N2S. The van der Waals surface area contributed by atoms with Gasteiger partial charge in [-0.3, -0.25) is 0 Å². The minimum Gasteiger partial charge on any atom is -0.310 e. The van der Waals surface area contributed by atoms with Crippen molar-refractivity contribution in [2.45, 2.75) is 19.3 Å². The highest BCUT2D eigenvalue weighted by Crippen LogP contribution is 2.52. The van der Waals surface area contributed by atoms with E-state index >= 15 is 0 Å². The normalized spacial score (nSPS) is 13.5. The lowest BCUT2D eigenvalue weighted by Crippen LogP contribution is -2.30. The molecule has 0 unspecified atom stereocenters. The molecule has 8 aromatic carbocycles. The van der Waals surface area contributed by atoms with Crippen molar-refractivity contribution < 1.29 is 0 Å². The van der Waals surface area contributed by atoms with Gasteiger partial charge in [0, 0.05) is 47.7 Å². The van der Waals surface area contributed by atoms with Gasteiger partial charge in [0.05, 0.1) is 22.4 Å². The number of fused-ring (bicyclic) bond motifs is 8. The molecule has 10 aromatic rings. The molecule has 3 heterocycles. The van der Waals surface area contributed by atoms with Gasteiger partial charge in [0.25, 0.3) is 0 Å². The Hall–Kier alpha value is -6.42. The summed E-state index contributed by atoms with van der Waals surface area (Å²) in [5.41, 5.74) is 14.7. The molecule has 1 aliphatic heterocycles. The quantitative estimate of drug-likeness (QED) is 0.177. The molecular weight excluding hydrogens is 673 g/mol. The van der Waals surface area contributed by atoms with Gasteiger partial charge in [-0.2, -0.15) is 0 Å². The third-order valence-corrected chi connectivity index (χ3v) is 12.8. The molecule has 3 heteroatoms. The molecule has 0 N–H and O–H groups in total. The fourth-order valence-corrected chi connectivity index (χ4v) is 10.2. The van der Waals surface area contributed by atoms with E-state index in [1.807, 2.05) is 11.3 Å². The number of aromatic nitrogens is 1. The third-order valence-electron chi connectivity index (χ3n) is 11.6. The van der Waals surface area contributed by atoms with Crippen molar-refractivity contribution in [3.8, 4) is 27.9 Å². The predicted octanol–water partition coefficient (Wildman–Crippen LogP) is 14.6. The van der Waals surface area contributed by atoms with Crippen LogP contribution in [-0.2, 0) is 5.41 Å². The first-order valence-electron chi connectivity index (χ1n) is 18.7. The molecule has 0 spiro atoms. The molecule has 0 fully saturated rings. The zero-order valence-electron chi connectivity index (χ0n) is 30.1. The maximum atomic E-state index is 2.43. The van der Waals surface area contributed by atoms with E-state index in [0.717, 1.165) is 5.69 Å². The minimum absolute atomic E-state index is 0.165. The SMILES string of the molecule is CC1(C)c2ccccc2N(c2ccccc2)c2ccc(-c3ccc4c(c3)c3ccccc3n4-c3ccc(-c4cccc5c4sc4ccccc45)cc3)cc21. The van der Waals surface area contributed by atoms with Crippen LogP contribution in [0.5, 0.6) is 0 Å². The second-order valence-electron chi connectivity index (χ2n) is 15.0. The fraction of sp³-hybridized carbons (Fsp3) is 0.0588. The number of para-hydroxylation sites is 3. The van der Waals surface area contributed by atoms with Gasteiger partial charge < -0.3 is 9.47 Å². The van der Waals surface area contributed by atoms with Gasteiger partial charge in [-0.1, -0.05) is 129 Å². The Bertz CT molecular complexity index is 3070. The van der Waals surface area contributed by atoms with Gasteiger partial charge >= 0.3 is 0 Å². The zero-order chi connectivity index (χ0) is 36.0. The van der Waals surface area contributed by atoms with Crippen molar-refractivity contribution in [1.29, 1.82) is 0 Å². The molecule has 0 atom stereocenters. The largest absolute Gasteiger partial charge is 0.310 e. The summed E-state index contributed by atoms with van der Waals surface area (Å²) in [6.07, 6.45) is 0. The molecule has 11 rings (SSSR count). The summed E-state index contributed by atoms with van der Waals surface area (Å²) in [7, 11) is 0. The van der Waals surface area contributed by atoms with E-state index in [9.17, 15) is 0 Å². The minimum atomic E-state index is -0.165. The molecule has 2 nitrogen and oxygen atoms in total. The zero-order valence-corrected chi connectivity index (χ0v) is 30.9. The number of thiophene rings is 1. The molecule has 0 saturated heterocycles. The predicted molar refractivity (Wildman–Crippen MR) is 231 cm³/mol. The topological polar surface area (TPSA) is 8.17 Å². The average molecular weight is 709 g/mol. The van der Waals surface area contributed by atoms with Crippen LogP contribution in [0.25, 0.3) is 69.9 Å². The Kier molecular flexibility index (Phi) is 6.80. The van der Waals surface area contributed by atoms with Gasteiger partial charge in [0.2, 0.25) is 0 Å². The van der Waals surface area contributed by atoms with Crippen LogP contribution in [0.1, 0.15) is 25.0 Å². The van der Waals surface area contributed by atoms with Crippen molar-refractivity contribution in [2.75, 3.05) is 4.90 Å². The summed E-state index contributed by atoms with van der Waals surface area (Å²) in [5.74, 6) is 0. The summed E-state index contributed by atoms with van der Waals surface area (Å²) in [5, 5.41) is 5.18. The highest BCUT2D eigenvalue weighted by Gasteiger charge is 2.37. The highest BCUT2D eigenvalue weighted by molar-refractivity contribution is 7.26. The van der Waals surface area contributed by atoms with Crippen LogP contribution in [0.4, 0.5) is 17.1 Å². The Morgan fingerprint density at radius 2 is 1.07 bits per heavy atom. The van der Waals surface area contributed by atoms with Gasteiger partial charge in [0.1, 0.15) is 0 Å². The van der Waals surface area contributed by atoms with Gasteiger partial charge in [-0.15, -0.1) is 11.3 Å². The molecule has 256 valence electrons. The van der Waals surface area contributed by atoms with Gasteiger partial charge in [0.15, 0.2) is 0 Å². The summed E-state index contributed by atoms with van der Waals surface area (Å²) in [6, 6.07) is 67.1. The summed E-state index contributed by atoms with van der Waals surface area (Å²) in [4.78, 5) is 2.42. The van der Waals surface area contributed by atoms with Gasteiger partial charge in [-0.25, -0.2) is 0 Å². The van der Waals surface area contributed by atoms with E-state index in [1.165, 1.54) is 92.4 Å². The van der Waals surface area contributed by atoms with Crippen molar-refractivity contribution in [1.82, 2.24) is 4.57 Å². The maximum absolute atomic E-state index is 2.43. The van der Waals surface area contributed by atoms with E-state index < -0.39 is 0 Å². The van der Waals surface area contributed by atoms with Crippen LogP contribution in [0, 0.1) is 0 Å². The monoisotopic (exact) mass is 708 g/mol. The Labute approximate surface area is 318 Å². The molecule has 0 amide bonds. The van der Waals surface area contributed by atoms with Crippen LogP contribution in [0.3, 0.4) is 0 Å². The highest BCUT2D eigenvalue weighted by atomic mass is 32.1. The maximum Gasteiger partial charge on any atom is 0.0541 e. The average Bonchev–Trinajstić information content (AvgIpc) is 3.77. The Morgan fingerprint density at radius 1 is 0.426 bits per heavy atom. The van der Waals surface area contributed by atoms with Gasteiger partial charge in [-0.05, 0) is 100 Å². The number of hydrogen-bond acceptors (Lipinski definition) is 2. The standard InChI is InChI=1S/C51H36N2S/c1-51(2)43-19-8-10-21-47(43)53(36-13-4-3-5-14-36)48-30-26-35(32-44(48)51)34-25-29-46-42(31-34)39-15-6-9-20-45(39)52(46)37-27-23-33(24-28-37)38-17-12-18-41-40-16-7-11-22-49(40)54-50(38)41/h3-32H,1-2H3. The molecule has 0 radical (unpaired) electrons. The van der Waals surface area contributed by atoms with E-state index in [4.69, 9.17) is 0 Å². The van der Waals surface area contributed by atoms with Crippen molar-refractivity contribution in [2.24, 2.45) is 0 Å². The van der Waals surface area contributed by atoms with Crippen LogP contribution < -0.4 is 4.90 Å². The lowest BCUT2D eigenvalue weighted by molar-refractivity contribution is 0.632. The Balaban J connectivity index is 1.02. The molecule has 2 aromatic heterocycles. The lowest BCUT2D eigenvalue weighted by atomic mass is 9.73. The molecule has 0 saturated carbocycles. The first kappa shape index (κ1) is 31.1. The number of hydrogen-bond donors (Lipinski definition) is 0. The van der Waals surface area contributed by atoms with E-state index in [-0.39, 0.29) is 5.41 Å². The third kappa shape index (κ3) is 4.58. The second-order valence-corrected chi connectivity index (χ2v) is 16.0. The second kappa shape index (κ2) is 11.8. The molecule has 1 aliphatic rings. The first-order chi connectivity index (χ1) is 26.5. The Morgan fingerprint density at radius 3 is 1.94 bits per heavy atom. The van der Waals surface area contributed by atoms with Crippen molar-refractivity contribution in [3.63, 3.8) is 0 Å². The lowest BCUT2D eigenvalue weighted by Gasteiger charge is -2.42. The molecule has 54 heavy (non-hydrogen) atoms. The summed E-state index contributed by atoms with van der Waals surface area (Å²) >= 11 is 1.88. The number of rotatable bonds is 4. The van der Waals surface area contributed by atoms with Crippen LogP contribution in [0.2, 0.25) is 0 Å². The number of nitrogens with zero attached hydrogens (tertiary/aromatic N) is 2. The van der Waals surface area contributed by atoms with Crippen molar-refractivity contribution in [3.05, 3.63) is 193 Å². The first-order valence-corrected chi connectivity index (χ1v) is 19.5. The van der Waals surface area contributed by atoms with E-state index in [2.05, 4.69) is 205 Å². The van der Waals surface area contributed by atoms with Crippen LogP contribution in [-0.4, -0.2) is 4.57 Å². The molecule has 0 bridgehead atoms. The van der Waals surface area contributed by atoms with E-state index in [0.29, 0.717) is 0 Å². The number of anilines is 3. The van der Waals surface area contributed by atoms with Crippen LogP contribution >= 0.6 is 11.3 Å². The van der Waals surface area contributed by atoms with Crippen molar-refractivity contribution >= 4 is 70.4 Å². The smallest absolute Gasteiger partial charge is 0.0541 e. The number of benzene rings is 8. The van der Waals surface area contributed by atoms with Crippen LogP contribution in [0.15, 0.2) is 182 Å². The van der Waals surface area contributed by atoms with E-state index in [1.54, 1.807) is 0 Å². The molecule has 0 aliphatic carbocycles. The summed E-state index contributed by atoms with van der Waals surface area (Å²) in [6.45, 7) is 4.73.